The lowest BCUT2D eigenvalue weighted by molar-refractivity contribution is 0.360. The molecule has 1 aromatic heterocycles. The van der Waals surface area contributed by atoms with Crippen molar-refractivity contribution in [2.45, 2.75) is 64.8 Å². The first-order valence-electron chi connectivity index (χ1n) is 19.1. The van der Waals surface area contributed by atoms with Gasteiger partial charge in [-0.1, -0.05) is 116 Å². The maximum absolute atomic E-state index is 5.44. The summed E-state index contributed by atoms with van der Waals surface area (Å²) >= 11 is 0. The molecule has 0 saturated heterocycles. The Kier molecular flexibility index (Phi) is 9.69. The third kappa shape index (κ3) is 6.77. The van der Waals surface area contributed by atoms with Crippen LogP contribution < -0.4 is 4.90 Å². The van der Waals surface area contributed by atoms with Crippen LogP contribution >= 0.6 is 0 Å². The minimum Gasteiger partial charge on any atom is -0.338 e. The van der Waals surface area contributed by atoms with Crippen LogP contribution in [0.25, 0.3) is 33.1 Å². The van der Waals surface area contributed by atoms with Crippen LogP contribution in [-0.4, -0.2) is 10.6 Å². The molecule has 3 aliphatic carbocycles. The SMILES string of the molecule is C#C/C=C\C=C(/C)C1CCC(N(c2ccccc2)c2ccc3c4ccccc4n(-c4ccc(C5=CC=C(C6=CC=CC(C)C6)CC5)cc4)c3c2)CC1. The summed E-state index contributed by atoms with van der Waals surface area (Å²) in [5, 5.41) is 2.57. The standard InChI is InChI=1S/C50H48N2/c1-4-5-7-14-37(3)38-24-28-44(29-25-38)51(43-16-8-6-9-17-43)46-32-33-48-47-18-10-11-19-49(47)52(50(48)35-46)45-30-26-40(27-31-45)39-20-22-41(23-21-39)42-15-12-13-36(2)34-42/h1,5-20,22,26-27,30-33,35-36,38,44H,21,23-25,28-29,34H2,2-3H3/b7-5-,37-14+. The molecule has 2 nitrogen and oxygen atoms in total. The molecular weight excluding hydrogens is 629 g/mol. The van der Waals surface area contributed by atoms with E-state index in [1.807, 2.05) is 6.08 Å². The van der Waals surface area contributed by atoms with E-state index < -0.39 is 0 Å². The molecule has 52 heavy (non-hydrogen) atoms. The van der Waals surface area contributed by atoms with Gasteiger partial charge in [0.1, 0.15) is 0 Å². The number of aromatic nitrogens is 1. The molecule has 1 fully saturated rings. The fourth-order valence-corrected chi connectivity index (χ4v) is 8.78. The van der Waals surface area contributed by atoms with Gasteiger partial charge in [0, 0.05) is 33.9 Å². The summed E-state index contributed by atoms with van der Waals surface area (Å²) in [6, 6.07) is 36.7. The van der Waals surface area contributed by atoms with Crippen LogP contribution in [0.1, 0.15) is 64.4 Å². The zero-order valence-corrected chi connectivity index (χ0v) is 30.5. The highest BCUT2D eigenvalue weighted by atomic mass is 15.2. The van der Waals surface area contributed by atoms with Crippen LogP contribution in [0.15, 0.2) is 162 Å². The van der Waals surface area contributed by atoms with E-state index in [-0.39, 0.29) is 0 Å². The van der Waals surface area contributed by atoms with E-state index in [9.17, 15) is 0 Å². The number of terminal acetylenes is 1. The highest BCUT2D eigenvalue weighted by molar-refractivity contribution is 6.10. The second kappa shape index (κ2) is 15.0. The molecule has 0 spiro atoms. The maximum Gasteiger partial charge on any atom is 0.0561 e. The summed E-state index contributed by atoms with van der Waals surface area (Å²) in [4.78, 5) is 2.61. The third-order valence-electron chi connectivity index (χ3n) is 11.6. The molecule has 1 atom stereocenters. The molecule has 2 heteroatoms. The number of anilines is 2. The quantitative estimate of drug-likeness (QED) is 0.117. The van der Waals surface area contributed by atoms with E-state index in [0.717, 1.165) is 32.1 Å². The zero-order valence-electron chi connectivity index (χ0n) is 30.5. The average Bonchev–Trinajstić information content (AvgIpc) is 3.52. The van der Waals surface area contributed by atoms with Gasteiger partial charge in [-0.05, 0) is 135 Å². The van der Waals surface area contributed by atoms with Gasteiger partial charge in [-0.25, -0.2) is 0 Å². The van der Waals surface area contributed by atoms with Crippen molar-refractivity contribution in [3.8, 4) is 18.0 Å². The Morgan fingerprint density at radius 1 is 0.750 bits per heavy atom. The molecule has 0 amide bonds. The van der Waals surface area contributed by atoms with Crippen LogP contribution in [0.5, 0.6) is 0 Å². The van der Waals surface area contributed by atoms with Crippen LogP contribution in [0.3, 0.4) is 0 Å². The minimum atomic E-state index is 0.426. The molecule has 0 radical (unpaired) electrons. The number of fused-ring (bicyclic) bond motifs is 3. The van der Waals surface area contributed by atoms with Crippen LogP contribution in [0, 0.1) is 24.2 Å². The molecular formula is C50H48N2. The van der Waals surface area contributed by atoms with Gasteiger partial charge in [-0.3, -0.25) is 0 Å². The number of hydrogen-bond donors (Lipinski definition) is 0. The van der Waals surface area contributed by atoms with Crippen LogP contribution in [0.4, 0.5) is 11.4 Å². The second-order valence-corrected chi connectivity index (χ2v) is 14.9. The van der Waals surface area contributed by atoms with Gasteiger partial charge >= 0.3 is 0 Å². The molecule has 5 aromatic rings. The number of nitrogens with zero attached hydrogens (tertiary/aromatic N) is 2. The lowest BCUT2D eigenvalue weighted by Crippen LogP contribution is -2.35. The molecule has 1 saturated carbocycles. The van der Waals surface area contributed by atoms with E-state index in [1.165, 1.54) is 79.6 Å². The van der Waals surface area contributed by atoms with Crippen molar-refractivity contribution in [2.24, 2.45) is 11.8 Å². The molecule has 258 valence electrons. The Balaban J connectivity index is 1.13. The van der Waals surface area contributed by atoms with E-state index in [1.54, 1.807) is 6.08 Å². The summed E-state index contributed by atoms with van der Waals surface area (Å²) < 4.78 is 2.47. The lowest BCUT2D eigenvalue weighted by Gasteiger charge is -2.39. The zero-order chi connectivity index (χ0) is 35.4. The predicted octanol–water partition coefficient (Wildman–Crippen LogP) is 13.2. The number of hydrogen-bond acceptors (Lipinski definition) is 1. The van der Waals surface area contributed by atoms with Crippen molar-refractivity contribution >= 4 is 38.8 Å². The summed E-state index contributed by atoms with van der Waals surface area (Å²) in [6.07, 6.45) is 31.0. The summed E-state index contributed by atoms with van der Waals surface area (Å²) in [6.45, 7) is 4.56. The first-order chi connectivity index (χ1) is 25.6. The van der Waals surface area contributed by atoms with Crippen molar-refractivity contribution in [1.29, 1.82) is 0 Å². The van der Waals surface area contributed by atoms with Gasteiger partial charge in [-0.2, -0.15) is 0 Å². The summed E-state index contributed by atoms with van der Waals surface area (Å²) in [7, 11) is 0. The number of rotatable bonds is 8. The van der Waals surface area contributed by atoms with Gasteiger partial charge in [0.2, 0.25) is 0 Å². The molecule has 1 heterocycles. The Bertz CT molecular complexity index is 2310. The number of para-hydroxylation sites is 2. The first kappa shape index (κ1) is 33.6. The monoisotopic (exact) mass is 676 g/mol. The molecule has 0 bridgehead atoms. The largest absolute Gasteiger partial charge is 0.338 e. The van der Waals surface area contributed by atoms with E-state index in [0.29, 0.717) is 17.9 Å². The van der Waals surface area contributed by atoms with Crippen LogP contribution in [0.2, 0.25) is 0 Å². The Labute approximate surface area is 309 Å². The van der Waals surface area contributed by atoms with Crippen molar-refractivity contribution in [2.75, 3.05) is 4.90 Å². The fourth-order valence-electron chi connectivity index (χ4n) is 8.78. The Morgan fingerprint density at radius 2 is 1.48 bits per heavy atom. The third-order valence-corrected chi connectivity index (χ3v) is 11.6. The predicted molar refractivity (Wildman–Crippen MR) is 223 cm³/mol. The normalized spacial score (nSPS) is 20.8. The summed E-state index contributed by atoms with van der Waals surface area (Å²) in [5.41, 5.74) is 13.3. The van der Waals surface area contributed by atoms with E-state index >= 15 is 0 Å². The number of allylic oxidation sites excluding steroid dienone is 12. The van der Waals surface area contributed by atoms with Gasteiger partial charge < -0.3 is 9.47 Å². The molecule has 1 unspecified atom stereocenters. The highest BCUT2D eigenvalue weighted by Gasteiger charge is 2.28. The topological polar surface area (TPSA) is 8.17 Å². The van der Waals surface area contributed by atoms with E-state index in [2.05, 4.69) is 163 Å². The summed E-state index contributed by atoms with van der Waals surface area (Å²) in [5.74, 6) is 3.83. The van der Waals surface area contributed by atoms with Gasteiger partial charge in [0.25, 0.3) is 0 Å². The highest BCUT2D eigenvalue weighted by Crippen LogP contribution is 2.41. The Hall–Kier alpha value is -5.52. The van der Waals surface area contributed by atoms with Crippen molar-refractivity contribution in [3.05, 3.63) is 168 Å². The fraction of sp³-hybridized carbons (Fsp3) is 0.240. The van der Waals surface area contributed by atoms with Gasteiger partial charge in [0.05, 0.1) is 11.0 Å². The van der Waals surface area contributed by atoms with Gasteiger partial charge in [-0.15, -0.1) is 6.42 Å². The lowest BCUT2D eigenvalue weighted by atomic mass is 9.81. The second-order valence-electron chi connectivity index (χ2n) is 14.9. The molecule has 0 N–H and O–H groups in total. The smallest absolute Gasteiger partial charge is 0.0561 e. The van der Waals surface area contributed by atoms with Gasteiger partial charge in [0.15, 0.2) is 0 Å². The minimum absolute atomic E-state index is 0.426. The first-order valence-corrected chi connectivity index (χ1v) is 19.1. The molecule has 4 aromatic carbocycles. The molecule has 0 aliphatic heterocycles. The van der Waals surface area contributed by atoms with Crippen LogP contribution in [-0.2, 0) is 0 Å². The average molecular weight is 677 g/mol. The van der Waals surface area contributed by atoms with E-state index in [4.69, 9.17) is 6.42 Å². The Morgan fingerprint density at radius 3 is 2.23 bits per heavy atom. The number of benzene rings is 4. The molecule has 3 aliphatic rings. The van der Waals surface area contributed by atoms with Crippen molar-refractivity contribution in [1.82, 2.24) is 4.57 Å². The van der Waals surface area contributed by atoms with Crippen molar-refractivity contribution in [3.63, 3.8) is 0 Å². The molecule has 8 rings (SSSR count). The van der Waals surface area contributed by atoms with Crippen molar-refractivity contribution < 1.29 is 0 Å². The maximum atomic E-state index is 5.44.